The molecule has 2 aliphatic heterocycles. The van der Waals surface area contributed by atoms with Crippen molar-refractivity contribution in [3.05, 3.63) is 0 Å². The molecular weight excluding hydrogens is 256 g/mol. The number of rotatable bonds is 2. The largest absolute Gasteiger partial charge is 0.379 e. The standard InChI is InChI=1S/C15H24N2O3/c1-20-13-7-4-6-11(13)17-10-8-14(18)16-9-3-2-5-12(16)15(17)19/h11-13H,2-10H2,1H3. The van der Waals surface area contributed by atoms with E-state index in [-0.39, 0.29) is 30.0 Å². The van der Waals surface area contributed by atoms with Gasteiger partial charge >= 0.3 is 0 Å². The van der Waals surface area contributed by atoms with Crippen molar-refractivity contribution in [2.45, 2.75) is 63.1 Å². The van der Waals surface area contributed by atoms with E-state index in [1.165, 1.54) is 0 Å². The summed E-state index contributed by atoms with van der Waals surface area (Å²) in [6.07, 6.45) is 6.64. The van der Waals surface area contributed by atoms with Crippen molar-refractivity contribution in [3.63, 3.8) is 0 Å². The number of methoxy groups -OCH3 is 1. The van der Waals surface area contributed by atoms with Crippen LogP contribution in [0, 0.1) is 0 Å². The minimum atomic E-state index is -0.211. The molecule has 1 saturated carbocycles. The first-order valence-electron chi connectivity index (χ1n) is 7.85. The minimum absolute atomic E-state index is 0.143. The highest BCUT2D eigenvalue weighted by Gasteiger charge is 2.42. The molecule has 0 aromatic rings. The summed E-state index contributed by atoms with van der Waals surface area (Å²) in [7, 11) is 1.73. The number of carbonyl (C=O) groups excluding carboxylic acids is 2. The summed E-state index contributed by atoms with van der Waals surface area (Å²) < 4.78 is 5.54. The van der Waals surface area contributed by atoms with Crippen molar-refractivity contribution in [1.29, 1.82) is 0 Å². The molecule has 3 rings (SSSR count). The second-order valence-corrected chi connectivity index (χ2v) is 6.15. The molecule has 0 radical (unpaired) electrons. The van der Waals surface area contributed by atoms with Crippen LogP contribution in [0.3, 0.4) is 0 Å². The predicted molar refractivity (Wildman–Crippen MR) is 74.1 cm³/mol. The van der Waals surface area contributed by atoms with Crippen LogP contribution >= 0.6 is 0 Å². The topological polar surface area (TPSA) is 49.9 Å². The van der Waals surface area contributed by atoms with Crippen molar-refractivity contribution in [1.82, 2.24) is 9.80 Å². The fraction of sp³-hybridized carbons (Fsp3) is 0.867. The maximum absolute atomic E-state index is 12.9. The van der Waals surface area contributed by atoms with Gasteiger partial charge in [0.1, 0.15) is 6.04 Å². The Kier molecular flexibility index (Phi) is 3.96. The molecule has 112 valence electrons. The van der Waals surface area contributed by atoms with Crippen LogP contribution in [0.15, 0.2) is 0 Å². The lowest BCUT2D eigenvalue weighted by Gasteiger charge is -2.37. The summed E-state index contributed by atoms with van der Waals surface area (Å²) in [5.74, 6) is 0.307. The van der Waals surface area contributed by atoms with Crippen LogP contribution in [0.25, 0.3) is 0 Å². The second kappa shape index (κ2) is 5.72. The van der Waals surface area contributed by atoms with Gasteiger partial charge in [0.15, 0.2) is 0 Å². The van der Waals surface area contributed by atoms with Crippen molar-refractivity contribution < 1.29 is 14.3 Å². The monoisotopic (exact) mass is 280 g/mol. The summed E-state index contributed by atoms with van der Waals surface area (Å²) in [6, 6.07) is -0.0426. The van der Waals surface area contributed by atoms with Gasteiger partial charge in [-0.2, -0.15) is 0 Å². The van der Waals surface area contributed by atoms with E-state index in [4.69, 9.17) is 4.74 Å². The number of hydrogen-bond donors (Lipinski definition) is 0. The van der Waals surface area contributed by atoms with E-state index in [0.717, 1.165) is 45.1 Å². The Balaban J connectivity index is 1.81. The lowest BCUT2D eigenvalue weighted by molar-refractivity contribution is -0.145. The van der Waals surface area contributed by atoms with E-state index in [9.17, 15) is 9.59 Å². The highest BCUT2D eigenvalue weighted by molar-refractivity contribution is 5.90. The fourth-order valence-corrected chi connectivity index (χ4v) is 4.02. The zero-order chi connectivity index (χ0) is 14.1. The summed E-state index contributed by atoms with van der Waals surface area (Å²) in [5.41, 5.74) is 0. The number of hydrogen-bond acceptors (Lipinski definition) is 3. The molecule has 0 aromatic carbocycles. The first kappa shape index (κ1) is 13.9. The highest BCUT2D eigenvalue weighted by atomic mass is 16.5. The van der Waals surface area contributed by atoms with Crippen LogP contribution in [0.1, 0.15) is 44.9 Å². The van der Waals surface area contributed by atoms with Crippen LogP contribution in [-0.2, 0) is 14.3 Å². The average molecular weight is 280 g/mol. The van der Waals surface area contributed by atoms with Crippen LogP contribution in [0.5, 0.6) is 0 Å². The lowest BCUT2D eigenvalue weighted by atomic mass is 10.0. The number of piperidine rings is 1. The van der Waals surface area contributed by atoms with Gasteiger partial charge in [-0.1, -0.05) is 0 Å². The molecule has 0 bridgehead atoms. The molecule has 2 heterocycles. The van der Waals surface area contributed by atoms with E-state index in [2.05, 4.69) is 0 Å². The first-order chi connectivity index (χ1) is 9.72. The molecule has 2 saturated heterocycles. The molecule has 0 aromatic heterocycles. The van der Waals surface area contributed by atoms with Crippen LogP contribution < -0.4 is 0 Å². The number of nitrogens with zero attached hydrogens (tertiary/aromatic N) is 2. The van der Waals surface area contributed by atoms with E-state index in [1.54, 1.807) is 7.11 Å². The third-order valence-electron chi connectivity index (χ3n) is 5.08. The molecule has 3 atom stereocenters. The zero-order valence-corrected chi connectivity index (χ0v) is 12.2. The van der Waals surface area contributed by atoms with Gasteiger partial charge in [-0.05, 0) is 38.5 Å². The van der Waals surface area contributed by atoms with Gasteiger partial charge in [-0.3, -0.25) is 9.59 Å². The Bertz CT molecular complexity index is 399. The van der Waals surface area contributed by atoms with E-state index >= 15 is 0 Å². The Morgan fingerprint density at radius 3 is 2.65 bits per heavy atom. The number of amides is 2. The van der Waals surface area contributed by atoms with Crippen LogP contribution in [-0.4, -0.2) is 60.0 Å². The molecule has 1 aliphatic carbocycles. The second-order valence-electron chi connectivity index (χ2n) is 6.15. The maximum atomic E-state index is 12.9. The molecular formula is C15H24N2O3. The minimum Gasteiger partial charge on any atom is -0.379 e. The Labute approximate surface area is 120 Å². The van der Waals surface area contributed by atoms with Crippen LogP contribution in [0.4, 0.5) is 0 Å². The molecule has 3 unspecified atom stereocenters. The van der Waals surface area contributed by atoms with Gasteiger partial charge in [-0.15, -0.1) is 0 Å². The van der Waals surface area contributed by atoms with Crippen LogP contribution in [0.2, 0.25) is 0 Å². The van der Waals surface area contributed by atoms with Crippen molar-refractivity contribution in [3.8, 4) is 0 Å². The molecule has 0 spiro atoms. The molecule has 5 nitrogen and oxygen atoms in total. The van der Waals surface area contributed by atoms with Gasteiger partial charge in [0, 0.05) is 26.6 Å². The van der Waals surface area contributed by atoms with Gasteiger partial charge in [0.2, 0.25) is 11.8 Å². The van der Waals surface area contributed by atoms with E-state index in [1.807, 2.05) is 9.80 Å². The Morgan fingerprint density at radius 2 is 1.85 bits per heavy atom. The van der Waals surface area contributed by atoms with Crippen molar-refractivity contribution in [2.75, 3.05) is 20.2 Å². The summed E-state index contributed by atoms with van der Waals surface area (Å²) in [5, 5.41) is 0. The fourth-order valence-electron chi connectivity index (χ4n) is 4.02. The molecule has 20 heavy (non-hydrogen) atoms. The smallest absolute Gasteiger partial charge is 0.245 e. The summed E-state index contributed by atoms with van der Waals surface area (Å²) in [6.45, 7) is 1.32. The molecule has 3 fully saturated rings. The molecule has 2 amide bonds. The Morgan fingerprint density at radius 1 is 1.00 bits per heavy atom. The SMILES string of the molecule is COC1CCCC1N1CCC(=O)N2CCCCC2C1=O. The quantitative estimate of drug-likeness (QED) is 0.763. The van der Waals surface area contributed by atoms with Crippen molar-refractivity contribution in [2.24, 2.45) is 0 Å². The van der Waals surface area contributed by atoms with E-state index < -0.39 is 0 Å². The Hall–Kier alpha value is -1.10. The number of ether oxygens (including phenoxy) is 1. The summed E-state index contributed by atoms with van der Waals surface area (Å²) >= 11 is 0. The number of carbonyl (C=O) groups is 2. The van der Waals surface area contributed by atoms with Gasteiger partial charge in [-0.25, -0.2) is 0 Å². The summed E-state index contributed by atoms with van der Waals surface area (Å²) in [4.78, 5) is 28.8. The van der Waals surface area contributed by atoms with Crippen molar-refractivity contribution >= 4 is 11.8 Å². The van der Waals surface area contributed by atoms with Gasteiger partial charge in [0.05, 0.1) is 12.1 Å². The molecule has 0 N–H and O–H groups in total. The van der Waals surface area contributed by atoms with Gasteiger partial charge < -0.3 is 14.5 Å². The van der Waals surface area contributed by atoms with Gasteiger partial charge in [0.25, 0.3) is 0 Å². The third-order valence-corrected chi connectivity index (χ3v) is 5.08. The zero-order valence-electron chi connectivity index (χ0n) is 12.2. The first-order valence-corrected chi connectivity index (χ1v) is 7.85. The maximum Gasteiger partial charge on any atom is 0.245 e. The average Bonchev–Trinajstić information content (AvgIpc) is 2.91. The third kappa shape index (κ3) is 2.32. The lowest BCUT2D eigenvalue weighted by Crippen LogP contribution is -2.53. The molecule has 3 aliphatic rings. The molecule has 5 heteroatoms. The predicted octanol–water partition coefficient (Wildman–Crippen LogP) is 1.17. The highest BCUT2D eigenvalue weighted by Crippen LogP contribution is 2.30. The normalized spacial score (nSPS) is 35.1. The van der Waals surface area contributed by atoms with E-state index in [0.29, 0.717) is 13.0 Å². The number of fused-ring (bicyclic) bond motifs is 1.